The van der Waals surface area contributed by atoms with Crippen LogP contribution in [0.5, 0.6) is 11.5 Å². The molecule has 0 radical (unpaired) electrons. The van der Waals surface area contributed by atoms with Crippen LogP contribution in [0.25, 0.3) is 0 Å². The van der Waals surface area contributed by atoms with E-state index in [1.165, 1.54) is 12.3 Å². The number of phenolic OH excluding ortho intramolecular Hbond substituents is 1. The second-order valence-corrected chi connectivity index (χ2v) is 6.13. The number of phenols is 1. The van der Waals surface area contributed by atoms with Crippen molar-refractivity contribution in [3.63, 3.8) is 0 Å². The summed E-state index contributed by atoms with van der Waals surface area (Å²) in [6.07, 6.45) is 1.34. The van der Waals surface area contributed by atoms with Crippen molar-refractivity contribution >= 4 is 23.5 Å². The van der Waals surface area contributed by atoms with Crippen molar-refractivity contribution in [3.8, 4) is 11.5 Å². The van der Waals surface area contributed by atoms with E-state index >= 15 is 0 Å². The van der Waals surface area contributed by atoms with Gasteiger partial charge in [0.1, 0.15) is 11.5 Å². The molecule has 7 nitrogen and oxygen atoms in total. The maximum absolute atomic E-state index is 11.9. The van der Waals surface area contributed by atoms with Gasteiger partial charge in [-0.15, -0.1) is 0 Å². The highest BCUT2D eigenvalue weighted by Crippen LogP contribution is 2.24. The van der Waals surface area contributed by atoms with E-state index in [0.29, 0.717) is 17.0 Å². The molecule has 2 N–H and O–H groups in total. The Hall–Kier alpha value is -4.00. The van der Waals surface area contributed by atoms with E-state index in [-0.39, 0.29) is 12.4 Å². The first kappa shape index (κ1) is 19.8. The van der Waals surface area contributed by atoms with E-state index < -0.39 is 5.91 Å². The second-order valence-electron chi connectivity index (χ2n) is 6.13. The van der Waals surface area contributed by atoms with Crippen molar-refractivity contribution in [3.05, 3.63) is 83.9 Å². The molecular formula is C22H20N4O3. The summed E-state index contributed by atoms with van der Waals surface area (Å²) >= 11 is 0. The quantitative estimate of drug-likeness (QED) is 0.350. The minimum Gasteiger partial charge on any atom is -0.507 e. The van der Waals surface area contributed by atoms with Crippen molar-refractivity contribution in [2.45, 2.75) is 6.92 Å². The number of hydrazone groups is 1. The van der Waals surface area contributed by atoms with Gasteiger partial charge in [-0.2, -0.15) is 15.3 Å². The smallest absolute Gasteiger partial charge is 0.277 e. The van der Waals surface area contributed by atoms with Crippen LogP contribution in [-0.4, -0.2) is 23.8 Å². The zero-order valence-electron chi connectivity index (χ0n) is 15.8. The number of aromatic hydroxyl groups is 1. The zero-order valence-corrected chi connectivity index (χ0v) is 15.8. The highest BCUT2D eigenvalue weighted by Gasteiger charge is 2.04. The number of aryl methyl sites for hydroxylation is 1. The topological polar surface area (TPSA) is 95.6 Å². The van der Waals surface area contributed by atoms with Gasteiger partial charge in [-0.25, -0.2) is 5.43 Å². The summed E-state index contributed by atoms with van der Waals surface area (Å²) in [5, 5.41) is 22.1. The summed E-state index contributed by atoms with van der Waals surface area (Å²) in [6.45, 7) is 1.73. The van der Waals surface area contributed by atoms with Crippen molar-refractivity contribution in [1.29, 1.82) is 0 Å². The number of amides is 1. The molecule has 0 aliphatic heterocycles. The molecule has 146 valence electrons. The monoisotopic (exact) mass is 388 g/mol. The lowest BCUT2D eigenvalue weighted by molar-refractivity contribution is -0.123. The molecule has 3 rings (SSSR count). The van der Waals surface area contributed by atoms with Crippen LogP contribution in [-0.2, 0) is 4.79 Å². The van der Waals surface area contributed by atoms with E-state index in [1.807, 2.05) is 55.5 Å². The lowest BCUT2D eigenvalue weighted by atomic mass is 10.2. The molecule has 0 atom stereocenters. The average molecular weight is 388 g/mol. The van der Waals surface area contributed by atoms with Crippen LogP contribution in [0.4, 0.5) is 11.4 Å². The van der Waals surface area contributed by atoms with E-state index in [0.717, 1.165) is 11.3 Å². The third-order valence-corrected chi connectivity index (χ3v) is 3.89. The number of azo groups is 1. The number of para-hydroxylation sites is 1. The molecule has 0 aromatic heterocycles. The van der Waals surface area contributed by atoms with Crippen molar-refractivity contribution in [1.82, 2.24) is 5.43 Å². The molecule has 0 saturated carbocycles. The predicted molar refractivity (Wildman–Crippen MR) is 111 cm³/mol. The molecule has 0 saturated heterocycles. The summed E-state index contributed by atoms with van der Waals surface area (Å²) in [6, 6.07) is 21.5. The third-order valence-electron chi connectivity index (χ3n) is 3.89. The summed E-state index contributed by atoms with van der Waals surface area (Å²) in [7, 11) is 0. The highest BCUT2D eigenvalue weighted by atomic mass is 16.5. The van der Waals surface area contributed by atoms with Crippen molar-refractivity contribution in [2.24, 2.45) is 15.3 Å². The predicted octanol–water partition coefficient (Wildman–Crippen LogP) is 4.65. The van der Waals surface area contributed by atoms with Crippen molar-refractivity contribution < 1.29 is 14.6 Å². The Bertz CT molecular complexity index is 1030. The fourth-order valence-electron chi connectivity index (χ4n) is 2.39. The van der Waals surface area contributed by atoms with E-state index in [2.05, 4.69) is 20.8 Å². The maximum atomic E-state index is 11.9. The van der Waals surface area contributed by atoms with Gasteiger partial charge in [0.2, 0.25) is 0 Å². The Balaban J connectivity index is 1.57. The molecule has 0 aliphatic rings. The number of carbonyl (C=O) groups excluding carboxylic acids is 1. The Morgan fingerprint density at radius 2 is 1.72 bits per heavy atom. The summed E-state index contributed by atoms with van der Waals surface area (Å²) in [4.78, 5) is 11.9. The van der Waals surface area contributed by atoms with Crippen LogP contribution in [0.15, 0.2) is 88.1 Å². The molecule has 0 spiro atoms. The molecule has 3 aromatic carbocycles. The molecule has 3 aromatic rings. The van der Waals surface area contributed by atoms with E-state index in [4.69, 9.17) is 4.74 Å². The number of hydrogen-bond donors (Lipinski definition) is 2. The lowest BCUT2D eigenvalue weighted by Gasteiger charge is -2.07. The molecule has 0 unspecified atom stereocenters. The molecule has 7 heteroatoms. The summed E-state index contributed by atoms with van der Waals surface area (Å²) in [5.74, 6) is 0.238. The Morgan fingerprint density at radius 1 is 1.00 bits per heavy atom. The van der Waals surface area contributed by atoms with Gasteiger partial charge in [-0.05, 0) is 48.9 Å². The Kier molecular flexibility index (Phi) is 6.67. The number of ether oxygens (including phenoxy) is 1. The van der Waals surface area contributed by atoms with Gasteiger partial charge < -0.3 is 9.84 Å². The number of hydrogen-bond acceptors (Lipinski definition) is 6. The SMILES string of the molecule is Cc1ccccc1OCC(=O)N/N=C/c1cc(N=Nc2ccccc2)ccc1O. The minimum atomic E-state index is -0.413. The van der Waals surface area contributed by atoms with Crippen LogP contribution in [0.2, 0.25) is 0 Å². The second kappa shape index (κ2) is 9.80. The zero-order chi connectivity index (χ0) is 20.5. The van der Waals surface area contributed by atoms with Gasteiger partial charge in [-0.3, -0.25) is 4.79 Å². The van der Waals surface area contributed by atoms with Gasteiger partial charge >= 0.3 is 0 Å². The molecule has 0 fully saturated rings. The number of rotatable bonds is 7. The van der Waals surface area contributed by atoms with Gasteiger partial charge in [0.25, 0.3) is 5.91 Å². The standard InChI is InChI=1S/C22H20N4O3/c1-16-7-5-6-10-21(16)29-15-22(28)26-23-14-17-13-19(11-12-20(17)27)25-24-18-8-3-2-4-9-18/h2-14,27H,15H2,1H3,(H,26,28)/b23-14+,25-24?. The number of carbonyl (C=O) groups is 1. The van der Waals surface area contributed by atoms with Gasteiger partial charge in [0, 0.05) is 5.56 Å². The summed E-state index contributed by atoms with van der Waals surface area (Å²) < 4.78 is 5.46. The first-order valence-electron chi connectivity index (χ1n) is 8.92. The van der Waals surface area contributed by atoms with Gasteiger partial charge in [-0.1, -0.05) is 36.4 Å². The highest BCUT2D eigenvalue weighted by molar-refractivity contribution is 5.86. The first-order chi connectivity index (χ1) is 14.1. The number of nitrogens with one attached hydrogen (secondary N) is 1. The lowest BCUT2D eigenvalue weighted by Crippen LogP contribution is -2.24. The van der Waals surface area contributed by atoms with Gasteiger partial charge in [0.05, 0.1) is 17.6 Å². The fraction of sp³-hybridized carbons (Fsp3) is 0.0909. The maximum Gasteiger partial charge on any atom is 0.277 e. The van der Waals surface area contributed by atoms with Crippen LogP contribution in [0.1, 0.15) is 11.1 Å². The number of benzene rings is 3. The van der Waals surface area contributed by atoms with E-state index in [9.17, 15) is 9.90 Å². The number of nitrogens with zero attached hydrogens (tertiary/aromatic N) is 3. The Morgan fingerprint density at radius 3 is 2.52 bits per heavy atom. The largest absolute Gasteiger partial charge is 0.507 e. The third kappa shape index (κ3) is 6.00. The first-order valence-corrected chi connectivity index (χ1v) is 8.92. The van der Waals surface area contributed by atoms with Crippen LogP contribution in [0.3, 0.4) is 0 Å². The Labute approximate surface area is 168 Å². The minimum absolute atomic E-state index is 0.0119. The molecule has 1 amide bonds. The normalized spacial score (nSPS) is 11.1. The van der Waals surface area contributed by atoms with Crippen LogP contribution in [0, 0.1) is 6.92 Å². The summed E-state index contributed by atoms with van der Waals surface area (Å²) in [5.41, 5.74) is 4.97. The molecule has 0 aliphatic carbocycles. The average Bonchev–Trinajstić information content (AvgIpc) is 2.74. The molecular weight excluding hydrogens is 368 g/mol. The van der Waals surface area contributed by atoms with Crippen molar-refractivity contribution in [2.75, 3.05) is 6.61 Å². The van der Waals surface area contributed by atoms with E-state index in [1.54, 1.807) is 18.2 Å². The van der Waals surface area contributed by atoms with Gasteiger partial charge in [0.15, 0.2) is 6.61 Å². The van der Waals surface area contributed by atoms with Crippen LogP contribution >= 0.6 is 0 Å². The molecule has 29 heavy (non-hydrogen) atoms. The molecule has 0 heterocycles. The fourth-order valence-corrected chi connectivity index (χ4v) is 2.39. The van der Waals surface area contributed by atoms with Crippen LogP contribution < -0.4 is 10.2 Å². The molecule has 0 bridgehead atoms.